The van der Waals surface area contributed by atoms with Gasteiger partial charge in [0.25, 0.3) is 5.69 Å². The van der Waals surface area contributed by atoms with Crippen LogP contribution in [0.4, 0.5) is 11.4 Å². The molecule has 5 nitrogen and oxygen atoms in total. The van der Waals surface area contributed by atoms with Crippen LogP contribution in [0.15, 0.2) is 42.5 Å². The highest BCUT2D eigenvalue weighted by Crippen LogP contribution is 2.28. The predicted molar refractivity (Wildman–Crippen MR) is 92.2 cm³/mol. The highest BCUT2D eigenvalue weighted by molar-refractivity contribution is 6.37. The highest BCUT2D eigenvalue weighted by Gasteiger charge is 2.13. The summed E-state index contributed by atoms with van der Waals surface area (Å²) in [7, 11) is 0. The average Bonchev–Trinajstić information content (AvgIpc) is 2.48. The van der Waals surface area contributed by atoms with Crippen LogP contribution in [-0.2, 0) is 4.79 Å². The van der Waals surface area contributed by atoms with Crippen molar-refractivity contribution in [3.8, 4) is 0 Å². The molecule has 0 saturated heterocycles. The first-order valence-electron chi connectivity index (χ1n) is 6.25. The molecule has 0 heterocycles. The summed E-state index contributed by atoms with van der Waals surface area (Å²) in [5.74, 6) is -0.488. The van der Waals surface area contributed by atoms with Crippen molar-refractivity contribution < 1.29 is 9.72 Å². The van der Waals surface area contributed by atoms with E-state index in [1.807, 2.05) is 0 Å². The third-order valence-electron chi connectivity index (χ3n) is 2.81. The maximum Gasteiger partial charge on any atom is 0.289 e. The number of nitro benzene ring substituents is 1. The van der Waals surface area contributed by atoms with E-state index in [4.69, 9.17) is 34.8 Å². The molecule has 0 aliphatic heterocycles. The van der Waals surface area contributed by atoms with Gasteiger partial charge in [0.1, 0.15) is 5.02 Å². The van der Waals surface area contributed by atoms with Crippen molar-refractivity contribution in [1.82, 2.24) is 0 Å². The third-order valence-corrected chi connectivity index (χ3v) is 3.79. The van der Waals surface area contributed by atoms with Gasteiger partial charge in [-0.05, 0) is 30.3 Å². The van der Waals surface area contributed by atoms with Crippen molar-refractivity contribution in [3.05, 3.63) is 73.2 Å². The summed E-state index contributed by atoms with van der Waals surface area (Å²) in [6.07, 6.45) is 2.69. The molecule has 1 amide bonds. The third kappa shape index (κ3) is 4.45. The zero-order valence-corrected chi connectivity index (χ0v) is 13.7. The molecule has 1 N–H and O–H groups in total. The lowest BCUT2D eigenvalue weighted by Crippen LogP contribution is -2.08. The molecule has 0 radical (unpaired) electrons. The van der Waals surface area contributed by atoms with E-state index in [0.29, 0.717) is 15.6 Å². The second-order valence-corrected chi connectivity index (χ2v) is 5.60. The lowest BCUT2D eigenvalue weighted by atomic mass is 10.2. The number of amides is 1. The van der Waals surface area contributed by atoms with Crippen molar-refractivity contribution >= 4 is 58.2 Å². The number of nitrogens with one attached hydrogen (secondary N) is 1. The molecule has 118 valence electrons. The SMILES string of the molecule is O=C(/C=C/c1c(Cl)cccc1Cl)Nc1ccc(Cl)c([N+](=O)[O-])c1. The molecule has 0 unspecified atom stereocenters. The number of hydrogen-bond donors (Lipinski definition) is 1. The largest absolute Gasteiger partial charge is 0.322 e. The number of hydrogen-bond acceptors (Lipinski definition) is 3. The van der Waals surface area contributed by atoms with Crippen LogP contribution < -0.4 is 5.32 Å². The maximum atomic E-state index is 11.9. The lowest BCUT2D eigenvalue weighted by Gasteiger charge is -2.04. The first-order valence-corrected chi connectivity index (χ1v) is 7.39. The number of anilines is 1. The van der Waals surface area contributed by atoms with E-state index in [0.717, 1.165) is 0 Å². The fourth-order valence-electron chi connectivity index (χ4n) is 1.74. The zero-order valence-electron chi connectivity index (χ0n) is 11.4. The summed E-state index contributed by atoms with van der Waals surface area (Å²) in [5.41, 5.74) is 0.469. The van der Waals surface area contributed by atoms with Gasteiger partial charge in [-0.25, -0.2) is 0 Å². The Morgan fingerprint density at radius 3 is 2.35 bits per heavy atom. The normalized spacial score (nSPS) is 10.7. The minimum atomic E-state index is -0.628. The van der Waals surface area contributed by atoms with Gasteiger partial charge in [-0.2, -0.15) is 0 Å². The Morgan fingerprint density at radius 2 is 1.74 bits per heavy atom. The van der Waals surface area contributed by atoms with Gasteiger partial charge in [0.2, 0.25) is 5.91 Å². The monoisotopic (exact) mass is 370 g/mol. The van der Waals surface area contributed by atoms with Crippen molar-refractivity contribution in [3.63, 3.8) is 0 Å². The van der Waals surface area contributed by atoms with Crippen molar-refractivity contribution in [2.75, 3.05) is 5.32 Å². The summed E-state index contributed by atoms with van der Waals surface area (Å²) in [5, 5.41) is 14.1. The van der Waals surface area contributed by atoms with Crippen molar-refractivity contribution in [2.24, 2.45) is 0 Å². The van der Waals surface area contributed by atoms with Gasteiger partial charge in [-0.15, -0.1) is 0 Å². The fraction of sp³-hybridized carbons (Fsp3) is 0. The number of rotatable bonds is 4. The van der Waals surface area contributed by atoms with E-state index in [1.165, 1.54) is 30.4 Å². The fourth-order valence-corrected chi connectivity index (χ4v) is 2.45. The molecule has 23 heavy (non-hydrogen) atoms. The second-order valence-electron chi connectivity index (χ2n) is 4.38. The van der Waals surface area contributed by atoms with Crippen LogP contribution in [0.2, 0.25) is 15.1 Å². The minimum absolute atomic E-state index is 0.00797. The zero-order chi connectivity index (χ0) is 17.0. The molecule has 2 aromatic carbocycles. The van der Waals surface area contributed by atoms with E-state index < -0.39 is 10.8 Å². The average molecular weight is 372 g/mol. The number of carbonyl (C=O) groups is 1. The number of benzene rings is 2. The van der Waals surface area contributed by atoms with Gasteiger partial charge in [0, 0.05) is 33.4 Å². The van der Waals surface area contributed by atoms with Crippen LogP contribution >= 0.6 is 34.8 Å². The molecule has 0 bridgehead atoms. The highest BCUT2D eigenvalue weighted by atomic mass is 35.5. The van der Waals surface area contributed by atoms with Crippen LogP contribution in [0.3, 0.4) is 0 Å². The number of halogens is 3. The second kappa shape index (κ2) is 7.46. The van der Waals surface area contributed by atoms with E-state index >= 15 is 0 Å². The summed E-state index contributed by atoms with van der Waals surface area (Å²) in [6, 6.07) is 8.96. The molecule has 0 spiro atoms. The van der Waals surface area contributed by atoms with Crippen LogP contribution in [0, 0.1) is 10.1 Å². The quantitative estimate of drug-likeness (QED) is 0.456. The molecule has 2 rings (SSSR count). The molecule has 8 heteroatoms. The van der Waals surface area contributed by atoms with E-state index in [-0.39, 0.29) is 16.4 Å². The Bertz CT molecular complexity index is 786. The Hall–Kier alpha value is -2.08. The smallest absolute Gasteiger partial charge is 0.289 e. The van der Waals surface area contributed by atoms with Crippen LogP contribution in [0.1, 0.15) is 5.56 Å². The van der Waals surface area contributed by atoms with Crippen molar-refractivity contribution in [1.29, 1.82) is 0 Å². The van der Waals surface area contributed by atoms with E-state index in [9.17, 15) is 14.9 Å². The van der Waals surface area contributed by atoms with Crippen molar-refractivity contribution in [2.45, 2.75) is 0 Å². The standard InChI is InChI=1S/C15H9Cl3N2O3/c16-11-2-1-3-12(17)10(11)5-7-15(21)19-9-4-6-13(18)14(8-9)20(22)23/h1-8H,(H,19,21)/b7-5+. The van der Waals surface area contributed by atoms with Crippen LogP contribution in [0.25, 0.3) is 6.08 Å². The molecule has 0 aromatic heterocycles. The molecule has 0 fully saturated rings. The summed E-state index contributed by atoms with van der Waals surface area (Å²) in [4.78, 5) is 22.1. The van der Waals surface area contributed by atoms with Gasteiger partial charge >= 0.3 is 0 Å². The first-order chi connectivity index (χ1) is 10.9. The molecule has 0 atom stereocenters. The van der Waals surface area contributed by atoms with Gasteiger partial charge in [0.05, 0.1) is 4.92 Å². The molecular formula is C15H9Cl3N2O3. The maximum absolute atomic E-state index is 11.9. The molecule has 0 aliphatic carbocycles. The molecule has 2 aromatic rings. The topological polar surface area (TPSA) is 72.2 Å². The Kier molecular flexibility index (Phi) is 5.60. The predicted octanol–water partition coefficient (Wildman–Crippen LogP) is 5.21. The van der Waals surface area contributed by atoms with Gasteiger partial charge in [-0.1, -0.05) is 40.9 Å². The number of nitrogens with zero attached hydrogens (tertiary/aromatic N) is 1. The number of nitro groups is 1. The van der Waals surface area contributed by atoms with Crippen LogP contribution in [0.5, 0.6) is 0 Å². The summed E-state index contributed by atoms with van der Waals surface area (Å²) >= 11 is 17.7. The Morgan fingerprint density at radius 1 is 1.09 bits per heavy atom. The molecule has 0 aliphatic rings. The first kappa shape index (κ1) is 17.3. The van der Waals surface area contributed by atoms with Crippen LogP contribution in [-0.4, -0.2) is 10.8 Å². The lowest BCUT2D eigenvalue weighted by molar-refractivity contribution is -0.384. The van der Waals surface area contributed by atoms with E-state index in [1.54, 1.807) is 18.2 Å². The summed E-state index contributed by atoms with van der Waals surface area (Å²) in [6.45, 7) is 0. The van der Waals surface area contributed by atoms with Gasteiger partial charge in [0.15, 0.2) is 0 Å². The van der Waals surface area contributed by atoms with Gasteiger partial charge in [-0.3, -0.25) is 14.9 Å². The Balaban J connectivity index is 2.15. The Labute approximate surface area is 146 Å². The van der Waals surface area contributed by atoms with Gasteiger partial charge < -0.3 is 5.32 Å². The molecular weight excluding hydrogens is 363 g/mol. The summed E-state index contributed by atoms with van der Waals surface area (Å²) < 4.78 is 0. The molecule has 0 saturated carbocycles. The number of carbonyl (C=O) groups excluding carboxylic acids is 1. The minimum Gasteiger partial charge on any atom is -0.322 e. The van der Waals surface area contributed by atoms with E-state index in [2.05, 4.69) is 5.32 Å².